The summed E-state index contributed by atoms with van der Waals surface area (Å²) in [7, 11) is 3.15. The van der Waals surface area contributed by atoms with Gasteiger partial charge in [-0.2, -0.15) is 0 Å². The number of ether oxygens (including phenoxy) is 2. The normalized spacial score (nSPS) is 18.5. The summed E-state index contributed by atoms with van der Waals surface area (Å²) in [5.41, 5.74) is -0.0123. The van der Waals surface area contributed by atoms with Gasteiger partial charge in [0.15, 0.2) is 6.10 Å². The number of likely N-dealkylation sites (tertiary alicyclic amines) is 1. The second-order valence-corrected chi connectivity index (χ2v) is 4.32. The Labute approximate surface area is 110 Å². The van der Waals surface area contributed by atoms with Crippen molar-refractivity contribution in [3.05, 3.63) is 23.8 Å². The summed E-state index contributed by atoms with van der Waals surface area (Å²) in [5, 5.41) is 9.15. The van der Waals surface area contributed by atoms with E-state index in [1.165, 1.54) is 19.2 Å². The Bertz CT molecular complexity index is 514. The number of carbonyl (C=O) groups excluding carboxylic acids is 1. The van der Waals surface area contributed by atoms with Crippen molar-refractivity contribution >= 4 is 11.9 Å². The van der Waals surface area contributed by atoms with Gasteiger partial charge in [0.25, 0.3) is 5.91 Å². The van der Waals surface area contributed by atoms with Gasteiger partial charge >= 0.3 is 5.97 Å². The molecule has 1 saturated heterocycles. The van der Waals surface area contributed by atoms with Gasteiger partial charge in [0.1, 0.15) is 17.1 Å². The topological polar surface area (TPSA) is 76.1 Å². The molecule has 0 saturated carbocycles. The number of nitrogens with zero attached hydrogens (tertiary/aromatic N) is 1. The van der Waals surface area contributed by atoms with Crippen LogP contribution in [0.1, 0.15) is 16.8 Å². The van der Waals surface area contributed by atoms with E-state index < -0.39 is 12.1 Å². The highest BCUT2D eigenvalue weighted by Gasteiger charge is 2.31. The van der Waals surface area contributed by atoms with Crippen LogP contribution in [0.25, 0.3) is 0 Å². The number of aromatic carboxylic acids is 1. The van der Waals surface area contributed by atoms with Gasteiger partial charge < -0.3 is 19.5 Å². The fraction of sp³-hybridized carbons (Fsp3) is 0.385. The van der Waals surface area contributed by atoms with E-state index in [4.69, 9.17) is 14.6 Å². The van der Waals surface area contributed by atoms with Crippen molar-refractivity contribution in [1.82, 2.24) is 4.90 Å². The first kappa shape index (κ1) is 13.2. The zero-order chi connectivity index (χ0) is 14.0. The molecule has 1 atom stereocenters. The van der Waals surface area contributed by atoms with Gasteiger partial charge in [0, 0.05) is 20.0 Å². The van der Waals surface area contributed by atoms with Gasteiger partial charge in [-0.15, -0.1) is 0 Å². The van der Waals surface area contributed by atoms with Gasteiger partial charge in [-0.3, -0.25) is 4.79 Å². The van der Waals surface area contributed by atoms with E-state index in [0.29, 0.717) is 18.7 Å². The van der Waals surface area contributed by atoms with Gasteiger partial charge in [-0.05, 0) is 18.2 Å². The highest BCUT2D eigenvalue weighted by Crippen LogP contribution is 2.27. The fourth-order valence-electron chi connectivity index (χ4n) is 1.96. The number of likely N-dealkylation sites (N-methyl/N-ethyl adjacent to an activating group) is 1. The first-order chi connectivity index (χ1) is 9.02. The number of carbonyl (C=O) groups is 2. The van der Waals surface area contributed by atoms with Crippen LogP contribution in [-0.4, -0.2) is 48.7 Å². The average molecular weight is 265 g/mol. The summed E-state index contributed by atoms with van der Waals surface area (Å²) in [6, 6.07) is 4.49. The number of hydrogen-bond donors (Lipinski definition) is 1. The predicted molar refractivity (Wildman–Crippen MR) is 66.6 cm³/mol. The monoisotopic (exact) mass is 265 g/mol. The summed E-state index contributed by atoms with van der Waals surface area (Å²) in [5.74, 6) is -0.638. The Hall–Kier alpha value is -2.24. The first-order valence-electron chi connectivity index (χ1n) is 5.86. The lowest BCUT2D eigenvalue weighted by molar-refractivity contribution is -0.132. The summed E-state index contributed by atoms with van der Waals surface area (Å²) in [4.78, 5) is 24.5. The highest BCUT2D eigenvalue weighted by molar-refractivity contribution is 5.92. The van der Waals surface area contributed by atoms with Crippen LogP contribution < -0.4 is 9.47 Å². The lowest BCUT2D eigenvalue weighted by atomic mass is 10.2. The third-order valence-electron chi connectivity index (χ3n) is 3.06. The molecule has 1 fully saturated rings. The molecule has 0 bridgehead atoms. The van der Waals surface area contributed by atoms with Crippen molar-refractivity contribution in [3.8, 4) is 11.5 Å². The van der Waals surface area contributed by atoms with E-state index in [9.17, 15) is 9.59 Å². The lowest BCUT2D eigenvalue weighted by Gasteiger charge is -2.15. The minimum Gasteiger partial charge on any atom is -0.497 e. The molecule has 1 N–H and O–H groups in total. The molecule has 1 aliphatic rings. The molecule has 102 valence electrons. The van der Waals surface area contributed by atoms with E-state index in [2.05, 4.69) is 0 Å². The van der Waals surface area contributed by atoms with Crippen LogP contribution in [-0.2, 0) is 4.79 Å². The van der Waals surface area contributed by atoms with E-state index >= 15 is 0 Å². The van der Waals surface area contributed by atoms with Crippen LogP contribution in [0.15, 0.2) is 18.2 Å². The molecule has 19 heavy (non-hydrogen) atoms. The molecule has 1 aliphatic heterocycles. The molecule has 1 unspecified atom stereocenters. The quantitative estimate of drug-likeness (QED) is 0.879. The maximum atomic E-state index is 11.7. The van der Waals surface area contributed by atoms with Crippen molar-refractivity contribution < 1.29 is 24.2 Å². The zero-order valence-electron chi connectivity index (χ0n) is 10.8. The molecule has 1 heterocycles. The Morgan fingerprint density at radius 2 is 2.21 bits per heavy atom. The van der Waals surface area contributed by atoms with E-state index in [1.54, 1.807) is 18.0 Å². The SMILES string of the molecule is COc1ccc(OC2CCN(C)C2=O)c(C(=O)O)c1. The lowest BCUT2D eigenvalue weighted by Crippen LogP contribution is -2.29. The van der Waals surface area contributed by atoms with Gasteiger partial charge in [-0.1, -0.05) is 0 Å². The van der Waals surface area contributed by atoms with Crippen molar-refractivity contribution in [1.29, 1.82) is 0 Å². The third kappa shape index (κ3) is 2.62. The number of methoxy groups -OCH3 is 1. The van der Waals surface area contributed by atoms with E-state index in [-0.39, 0.29) is 17.2 Å². The molecule has 6 heteroatoms. The number of carboxylic acid groups (broad SMARTS) is 1. The van der Waals surface area contributed by atoms with Crippen LogP contribution in [0.3, 0.4) is 0 Å². The molecule has 0 aromatic heterocycles. The molecule has 1 aromatic carbocycles. The summed E-state index contributed by atoms with van der Waals surface area (Å²) in [6.07, 6.45) is -0.0584. The Balaban J connectivity index is 2.25. The van der Waals surface area contributed by atoms with Crippen molar-refractivity contribution in [2.75, 3.05) is 20.7 Å². The zero-order valence-corrected chi connectivity index (χ0v) is 10.8. The molecular formula is C13H15NO5. The maximum Gasteiger partial charge on any atom is 0.339 e. The standard InChI is InChI=1S/C13H15NO5/c1-14-6-5-11(12(14)15)19-10-4-3-8(18-2)7-9(10)13(16)17/h3-4,7,11H,5-6H2,1-2H3,(H,16,17). The summed E-state index contributed by atoms with van der Waals surface area (Å²) < 4.78 is 10.5. The first-order valence-corrected chi connectivity index (χ1v) is 5.86. The van der Waals surface area contributed by atoms with Crippen LogP contribution >= 0.6 is 0 Å². The van der Waals surface area contributed by atoms with Crippen LogP contribution in [0.2, 0.25) is 0 Å². The number of benzene rings is 1. The van der Waals surface area contributed by atoms with E-state index in [0.717, 1.165) is 0 Å². The van der Waals surface area contributed by atoms with E-state index in [1.807, 2.05) is 0 Å². The third-order valence-corrected chi connectivity index (χ3v) is 3.06. The van der Waals surface area contributed by atoms with Crippen molar-refractivity contribution in [3.63, 3.8) is 0 Å². The summed E-state index contributed by atoms with van der Waals surface area (Å²) >= 11 is 0. The molecular weight excluding hydrogens is 250 g/mol. The molecule has 2 rings (SSSR count). The van der Waals surface area contributed by atoms with Crippen molar-refractivity contribution in [2.45, 2.75) is 12.5 Å². The number of carboxylic acids is 1. The van der Waals surface area contributed by atoms with Crippen molar-refractivity contribution in [2.24, 2.45) is 0 Å². The molecule has 1 aromatic rings. The average Bonchev–Trinajstić information content (AvgIpc) is 2.71. The number of hydrogen-bond acceptors (Lipinski definition) is 4. The highest BCUT2D eigenvalue weighted by atomic mass is 16.5. The van der Waals surface area contributed by atoms with Crippen LogP contribution in [0, 0.1) is 0 Å². The Kier molecular flexibility index (Phi) is 3.59. The minimum absolute atomic E-state index is 0.0123. The van der Waals surface area contributed by atoms with Gasteiger partial charge in [0.2, 0.25) is 0 Å². The van der Waals surface area contributed by atoms with Gasteiger partial charge in [0.05, 0.1) is 7.11 Å². The second-order valence-electron chi connectivity index (χ2n) is 4.32. The fourth-order valence-corrected chi connectivity index (χ4v) is 1.96. The maximum absolute atomic E-state index is 11.7. The Morgan fingerprint density at radius 1 is 1.47 bits per heavy atom. The largest absolute Gasteiger partial charge is 0.497 e. The summed E-state index contributed by atoms with van der Waals surface area (Å²) in [6.45, 7) is 0.613. The Morgan fingerprint density at radius 3 is 2.74 bits per heavy atom. The molecule has 0 aliphatic carbocycles. The van der Waals surface area contributed by atoms with Crippen LogP contribution in [0.4, 0.5) is 0 Å². The number of rotatable bonds is 4. The number of amides is 1. The predicted octanol–water partition coefficient (Wildman–Crippen LogP) is 1.00. The van der Waals surface area contributed by atoms with Crippen LogP contribution in [0.5, 0.6) is 11.5 Å². The smallest absolute Gasteiger partial charge is 0.339 e. The molecule has 6 nitrogen and oxygen atoms in total. The van der Waals surface area contributed by atoms with Gasteiger partial charge in [-0.25, -0.2) is 4.79 Å². The second kappa shape index (κ2) is 5.17. The minimum atomic E-state index is -1.12. The molecule has 0 spiro atoms. The molecule has 1 amide bonds. The molecule has 0 radical (unpaired) electrons.